The molecule has 2 aromatic carbocycles. The highest BCUT2D eigenvalue weighted by Gasteiger charge is 2.36. The molecular formula is C36H50ClN8O6+. The highest BCUT2D eigenvalue weighted by atomic mass is 35.5. The number of nitrogens with one attached hydrogen (secondary N) is 2. The number of hydrogen-bond acceptors (Lipinski definition) is 11. The molecular weight excluding hydrogens is 676 g/mol. The lowest BCUT2D eigenvalue weighted by Crippen LogP contribution is -2.60. The number of rotatable bonds is 18. The minimum atomic E-state index is -0.433. The summed E-state index contributed by atoms with van der Waals surface area (Å²) in [6.45, 7) is 4.65. The number of methoxy groups -OCH3 is 1. The number of aryl methyl sites for hydroxylation is 1. The van der Waals surface area contributed by atoms with Crippen LogP contribution < -0.4 is 31.6 Å². The van der Waals surface area contributed by atoms with Gasteiger partial charge in [-0.15, -0.1) is 0 Å². The molecule has 2 unspecified atom stereocenters. The van der Waals surface area contributed by atoms with Crippen LogP contribution in [0.2, 0.25) is 5.15 Å². The maximum Gasteiger partial charge on any atom is 0.343 e. The zero-order valence-electron chi connectivity index (χ0n) is 29.7. The van der Waals surface area contributed by atoms with Gasteiger partial charge in [-0.1, -0.05) is 35.9 Å². The van der Waals surface area contributed by atoms with Crippen molar-refractivity contribution in [2.24, 2.45) is 0 Å². The van der Waals surface area contributed by atoms with E-state index in [1.54, 1.807) is 0 Å². The molecule has 1 fully saturated rings. The molecule has 0 bridgehead atoms. The molecule has 2 heterocycles. The first kappa shape index (κ1) is 39.1. The lowest BCUT2D eigenvalue weighted by atomic mass is 9.99. The molecule has 0 aliphatic carbocycles. The standard InChI is InChI=1S/C36H49ClN8O6/c1-44(2)18-17-40-30(46)23-50-28-14-10-26(11-15-28)16-21-45(19-4-6-25-8-12-29(13-9-25)51-24-31(47)49-3)20-5-7-27(22-45)41-36(48)32-34(38)43-35(39)33(37)42-32/h8-15,27H,4-7,16-24H2,1-3H3,(H5-,38,39,40,41,43,46,48)/p+1. The Kier molecular flexibility index (Phi) is 14.6. The predicted molar refractivity (Wildman–Crippen MR) is 196 cm³/mol. The van der Waals surface area contributed by atoms with E-state index in [-0.39, 0.29) is 47.6 Å². The normalized spacial score (nSPS) is 17.1. The van der Waals surface area contributed by atoms with E-state index in [1.165, 1.54) is 7.11 Å². The number of carbonyl (C=O) groups excluding carboxylic acids is 3. The number of likely N-dealkylation sites (N-methyl/N-ethyl adjacent to an activating group) is 1. The van der Waals surface area contributed by atoms with Crippen LogP contribution in [-0.2, 0) is 27.2 Å². The minimum Gasteiger partial charge on any atom is -0.484 e. The second kappa shape index (κ2) is 19.1. The number of carbonyl (C=O) groups is 3. The fourth-order valence-electron chi connectivity index (χ4n) is 6.13. The minimum absolute atomic E-state index is 0.0249. The van der Waals surface area contributed by atoms with E-state index in [0.29, 0.717) is 18.0 Å². The van der Waals surface area contributed by atoms with Crippen molar-refractivity contribution in [3.05, 3.63) is 70.5 Å². The molecule has 1 saturated heterocycles. The molecule has 15 heteroatoms. The Labute approximate surface area is 304 Å². The second-order valence-corrected chi connectivity index (χ2v) is 13.4. The molecule has 1 aromatic heterocycles. The van der Waals surface area contributed by atoms with E-state index >= 15 is 0 Å². The SMILES string of the molecule is COC(=O)COc1ccc(CCC[N+]2(CCc3ccc(OCC(=O)NCCN(C)C)cc3)CCCC(NC(=O)c3nc(Cl)c(N)nc3N)C2)cc1. The number of hydrogen-bond donors (Lipinski definition) is 4. The van der Waals surface area contributed by atoms with Gasteiger partial charge in [0.2, 0.25) is 0 Å². The molecule has 51 heavy (non-hydrogen) atoms. The van der Waals surface area contributed by atoms with E-state index in [2.05, 4.69) is 25.3 Å². The zero-order valence-corrected chi connectivity index (χ0v) is 30.4. The molecule has 0 spiro atoms. The molecule has 1 aliphatic rings. The summed E-state index contributed by atoms with van der Waals surface area (Å²) in [5, 5.41) is 5.91. The molecule has 276 valence electrons. The van der Waals surface area contributed by atoms with E-state index in [1.807, 2.05) is 67.5 Å². The summed E-state index contributed by atoms with van der Waals surface area (Å²) in [6, 6.07) is 15.5. The van der Waals surface area contributed by atoms with Crippen molar-refractivity contribution in [3.63, 3.8) is 0 Å². The number of piperidine rings is 1. The van der Waals surface area contributed by atoms with Crippen LogP contribution in [-0.4, -0.2) is 117 Å². The average molecular weight is 726 g/mol. The van der Waals surface area contributed by atoms with Crippen LogP contribution in [0.3, 0.4) is 0 Å². The smallest absolute Gasteiger partial charge is 0.343 e. The first-order valence-corrected chi connectivity index (χ1v) is 17.5. The molecule has 14 nitrogen and oxygen atoms in total. The van der Waals surface area contributed by atoms with Gasteiger partial charge >= 0.3 is 5.97 Å². The number of ether oxygens (including phenoxy) is 3. The predicted octanol–water partition coefficient (Wildman–Crippen LogP) is 2.49. The summed E-state index contributed by atoms with van der Waals surface area (Å²) in [5.41, 5.74) is 14.0. The number of benzene rings is 2. The molecule has 2 amide bonds. The van der Waals surface area contributed by atoms with Crippen molar-refractivity contribution >= 4 is 41.0 Å². The van der Waals surface area contributed by atoms with Crippen molar-refractivity contribution in [2.75, 3.05) is 85.2 Å². The highest BCUT2D eigenvalue weighted by molar-refractivity contribution is 6.31. The van der Waals surface area contributed by atoms with Crippen LogP contribution >= 0.6 is 11.6 Å². The van der Waals surface area contributed by atoms with Crippen molar-refractivity contribution in [1.29, 1.82) is 0 Å². The van der Waals surface area contributed by atoms with E-state index in [4.69, 9.17) is 32.5 Å². The molecule has 6 N–H and O–H groups in total. The Morgan fingerprint density at radius 3 is 2.22 bits per heavy atom. The van der Waals surface area contributed by atoms with Gasteiger partial charge in [-0.2, -0.15) is 0 Å². The van der Waals surface area contributed by atoms with Gasteiger partial charge in [-0.05, 0) is 68.8 Å². The summed E-state index contributed by atoms with van der Waals surface area (Å²) < 4.78 is 16.6. The largest absolute Gasteiger partial charge is 0.484 e. The average Bonchev–Trinajstić information content (AvgIpc) is 3.11. The molecule has 0 radical (unpaired) electrons. The Hall–Kier alpha value is -4.66. The lowest BCUT2D eigenvalue weighted by molar-refractivity contribution is -0.933. The van der Waals surface area contributed by atoms with Crippen LogP contribution in [0.5, 0.6) is 11.5 Å². The summed E-state index contributed by atoms with van der Waals surface area (Å²) in [6.07, 6.45) is 4.37. The van der Waals surface area contributed by atoms with Crippen LogP contribution in [0.1, 0.15) is 40.9 Å². The van der Waals surface area contributed by atoms with Crippen molar-refractivity contribution in [1.82, 2.24) is 25.5 Å². The lowest BCUT2D eigenvalue weighted by Gasteiger charge is -2.45. The highest BCUT2D eigenvalue weighted by Crippen LogP contribution is 2.25. The third kappa shape index (κ3) is 12.6. The van der Waals surface area contributed by atoms with Crippen LogP contribution in [0, 0.1) is 0 Å². The second-order valence-electron chi connectivity index (χ2n) is 13.1. The Bertz CT molecular complexity index is 1610. The van der Waals surface area contributed by atoms with Gasteiger partial charge in [0, 0.05) is 25.9 Å². The summed E-state index contributed by atoms with van der Waals surface area (Å²) in [5.74, 6) is 0.137. The topological polar surface area (TPSA) is 184 Å². The number of quaternary nitrogens is 1. The number of aromatic nitrogens is 2. The Morgan fingerprint density at radius 1 is 0.922 bits per heavy atom. The maximum absolute atomic E-state index is 13.2. The Balaban J connectivity index is 1.39. The monoisotopic (exact) mass is 725 g/mol. The summed E-state index contributed by atoms with van der Waals surface area (Å²) in [7, 11) is 5.23. The number of anilines is 2. The van der Waals surface area contributed by atoms with Gasteiger partial charge in [0.15, 0.2) is 35.7 Å². The Morgan fingerprint density at radius 2 is 1.57 bits per heavy atom. The van der Waals surface area contributed by atoms with Gasteiger partial charge in [-0.3, -0.25) is 9.59 Å². The van der Waals surface area contributed by atoms with Gasteiger partial charge in [0.05, 0.1) is 39.3 Å². The fraction of sp³-hybridized carbons (Fsp3) is 0.472. The fourth-order valence-corrected chi connectivity index (χ4v) is 6.26. The van der Waals surface area contributed by atoms with Gasteiger partial charge in [-0.25, -0.2) is 14.8 Å². The van der Waals surface area contributed by atoms with Gasteiger partial charge in [0.1, 0.15) is 11.5 Å². The maximum atomic E-state index is 13.2. The number of nitrogens with two attached hydrogens (primary N) is 2. The first-order valence-electron chi connectivity index (χ1n) is 17.1. The van der Waals surface area contributed by atoms with Crippen molar-refractivity contribution in [3.8, 4) is 11.5 Å². The number of esters is 1. The first-order chi connectivity index (χ1) is 24.4. The summed E-state index contributed by atoms with van der Waals surface area (Å²) >= 11 is 6.05. The van der Waals surface area contributed by atoms with E-state index < -0.39 is 11.9 Å². The quantitative estimate of drug-likeness (QED) is 0.112. The van der Waals surface area contributed by atoms with Crippen LogP contribution in [0.4, 0.5) is 11.6 Å². The number of likely N-dealkylation sites (tertiary alicyclic amines) is 1. The zero-order chi connectivity index (χ0) is 36.8. The number of nitrogens with zero attached hydrogens (tertiary/aromatic N) is 4. The van der Waals surface area contributed by atoms with E-state index in [9.17, 15) is 14.4 Å². The third-order valence-electron chi connectivity index (χ3n) is 8.90. The van der Waals surface area contributed by atoms with Gasteiger partial charge in [0.25, 0.3) is 11.8 Å². The van der Waals surface area contributed by atoms with Crippen LogP contribution in [0.25, 0.3) is 0 Å². The van der Waals surface area contributed by atoms with E-state index in [0.717, 1.165) is 80.4 Å². The number of nitrogen functional groups attached to an aromatic ring is 2. The van der Waals surface area contributed by atoms with Crippen molar-refractivity contribution in [2.45, 2.75) is 38.1 Å². The molecule has 4 rings (SSSR count). The summed E-state index contributed by atoms with van der Waals surface area (Å²) in [4.78, 5) is 46.8. The third-order valence-corrected chi connectivity index (χ3v) is 9.18. The van der Waals surface area contributed by atoms with Crippen molar-refractivity contribution < 1.29 is 33.1 Å². The molecule has 3 aromatic rings. The van der Waals surface area contributed by atoms with Gasteiger partial charge < -0.3 is 45.7 Å². The number of amides is 2. The number of halogens is 1. The molecule has 2 atom stereocenters. The van der Waals surface area contributed by atoms with Crippen LogP contribution in [0.15, 0.2) is 48.5 Å². The molecule has 0 saturated carbocycles. The molecule has 1 aliphatic heterocycles.